The Bertz CT molecular complexity index is 1190. The van der Waals surface area contributed by atoms with E-state index in [1.165, 1.54) is 6.07 Å². The van der Waals surface area contributed by atoms with Gasteiger partial charge in [0.05, 0.1) is 5.39 Å². The average molecular weight is 368 g/mol. The molecule has 2 heterocycles. The van der Waals surface area contributed by atoms with Gasteiger partial charge in [-0.25, -0.2) is 4.79 Å². The van der Waals surface area contributed by atoms with Gasteiger partial charge in [0.1, 0.15) is 22.5 Å². The van der Waals surface area contributed by atoms with Crippen LogP contribution in [0, 0.1) is 13.8 Å². The van der Waals surface area contributed by atoms with Crippen LogP contribution < -0.4 is 11.1 Å². The summed E-state index contributed by atoms with van der Waals surface area (Å²) in [6.45, 7) is 9.32. The first-order valence-corrected chi connectivity index (χ1v) is 9.14. The normalized spacial score (nSPS) is 11.3. The molecule has 0 bridgehead atoms. The van der Waals surface area contributed by atoms with Crippen molar-refractivity contribution in [3.8, 4) is 5.75 Å². The Balaban J connectivity index is 2.63. The number of aryl methyl sites for hydroxylation is 2. The third-order valence-corrected chi connectivity index (χ3v) is 4.88. The van der Waals surface area contributed by atoms with Crippen molar-refractivity contribution < 1.29 is 13.9 Å². The SMILES string of the molecule is CCCc1cc(=O)oc2c1c(O)c(CC=C(C)C)c1oc(C)c(C)c(=O)c12. The number of allylic oxidation sites excluding steroid dienone is 2. The van der Waals surface area contributed by atoms with Crippen molar-refractivity contribution in [1.29, 1.82) is 0 Å². The third-order valence-electron chi connectivity index (χ3n) is 4.88. The van der Waals surface area contributed by atoms with Crippen LogP contribution in [0.1, 0.15) is 49.6 Å². The van der Waals surface area contributed by atoms with Crippen LogP contribution in [-0.2, 0) is 12.8 Å². The number of fused-ring (bicyclic) bond motifs is 3. The molecule has 0 aliphatic carbocycles. The van der Waals surface area contributed by atoms with E-state index in [4.69, 9.17) is 8.83 Å². The number of hydrogen-bond acceptors (Lipinski definition) is 5. The second kappa shape index (κ2) is 7.06. The summed E-state index contributed by atoms with van der Waals surface area (Å²) in [6, 6.07) is 1.39. The van der Waals surface area contributed by atoms with E-state index in [-0.39, 0.29) is 27.7 Å². The van der Waals surface area contributed by atoms with Gasteiger partial charge in [-0.05, 0) is 46.1 Å². The van der Waals surface area contributed by atoms with Crippen molar-refractivity contribution in [1.82, 2.24) is 0 Å². The van der Waals surface area contributed by atoms with Gasteiger partial charge in [0, 0.05) is 17.2 Å². The highest BCUT2D eigenvalue weighted by Crippen LogP contribution is 2.39. The van der Waals surface area contributed by atoms with Crippen LogP contribution in [0.3, 0.4) is 0 Å². The van der Waals surface area contributed by atoms with Gasteiger partial charge in [-0.3, -0.25) is 4.79 Å². The van der Waals surface area contributed by atoms with Crippen LogP contribution >= 0.6 is 0 Å². The van der Waals surface area contributed by atoms with Crippen LogP contribution in [0.25, 0.3) is 21.9 Å². The lowest BCUT2D eigenvalue weighted by Crippen LogP contribution is -2.11. The maximum atomic E-state index is 13.0. The zero-order valence-electron chi connectivity index (χ0n) is 16.4. The maximum absolute atomic E-state index is 13.0. The molecule has 0 radical (unpaired) electrons. The lowest BCUT2D eigenvalue weighted by Gasteiger charge is -2.14. The fourth-order valence-electron chi connectivity index (χ4n) is 3.35. The quantitative estimate of drug-likeness (QED) is 0.411. The topological polar surface area (TPSA) is 80.7 Å². The van der Waals surface area contributed by atoms with Crippen molar-refractivity contribution in [2.75, 3.05) is 0 Å². The monoisotopic (exact) mass is 368 g/mol. The molecule has 0 aliphatic heterocycles. The van der Waals surface area contributed by atoms with E-state index in [0.717, 1.165) is 12.0 Å². The number of rotatable bonds is 4. The molecule has 0 unspecified atom stereocenters. The molecule has 0 amide bonds. The van der Waals surface area contributed by atoms with Gasteiger partial charge in [0.15, 0.2) is 11.0 Å². The Morgan fingerprint density at radius 3 is 2.44 bits per heavy atom. The van der Waals surface area contributed by atoms with Crippen molar-refractivity contribution in [2.24, 2.45) is 0 Å². The molecule has 27 heavy (non-hydrogen) atoms. The minimum atomic E-state index is -0.540. The van der Waals surface area contributed by atoms with E-state index in [2.05, 4.69) is 0 Å². The molecule has 2 aromatic heterocycles. The molecule has 1 aromatic carbocycles. The Labute approximate surface area is 156 Å². The van der Waals surface area contributed by atoms with Crippen LogP contribution in [-0.4, -0.2) is 5.11 Å². The summed E-state index contributed by atoms with van der Waals surface area (Å²) in [7, 11) is 0. The fraction of sp³-hybridized carbons (Fsp3) is 0.364. The van der Waals surface area contributed by atoms with Gasteiger partial charge >= 0.3 is 5.63 Å². The highest BCUT2D eigenvalue weighted by Gasteiger charge is 2.23. The summed E-state index contributed by atoms with van der Waals surface area (Å²) >= 11 is 0. The number of benzene rings is 1. The standard InChI is InChI=1S/C22H24O5/c1-6-7-14-10-16(23)27-22-17(14)20(25)15(9-8-11(2)3)21-18(22)19(24)12(4)13(5)26-21/h8,10,25H,6-7,9H2,1-5H3. The summed E-state index contributed by atoms with van der Waals surface area (Å²) in [6.07, 6.45) is 3.77. The molecule has 0 fully saturated rings. The molecular weight excluding hydrogens is 344 g/mol. The lowest BCUT2D eigenvalue weighted by molar-refractivity contribution is 0.469. The first-order chi connectivity index (χ1) is 12.8. The Kier molecular flexibility index (Phi) is 4.96. The Morgan fingerprint density at radius 2 is 1.81 bits per heavy atom. The first-order valence-electron chi connectivity index (χ1n) is 9.14. The van der Waals surface area contributed by atoms with Crippen LogP contribution in [0.15, 0.2) is 36.1 Å². The molecule has 0 atom stereocenters. The van der Waals surface area contributed by atoms with Gasteiger partial charge in [-0.15, -0.1) is 0 Å². The average Bonchev–Trinajstić information content (AvgIpc) is 2.58. The van der Waals surface area contributed by atoms with E-state index in [0.29, 0.717) is 40.7 Å². The molecule has 3 rings (SSSR count). The predicted molar refractivity (Wildman–Crippen MR) is 107 cm³/mol. The number of hydrogen-bond donors (Lipinski definition) is 1. The highest BCUT2D eigenvalue weighted by atomic mass is 16.4. The minimum Gasteiger partial charge on any atom is -0.507 e. The van der Waals surface area contributed by atoms with Gasteiger partial charge in [-0.1, -0.05) is 25.0 Å². The van der Waals surface area contributed by atoms with Crippen molar-refractivity contribution in [3.63, 3.8) is 0 Å². The molecule has 3 aromatic rings. The van der Waals surface area contributed by atoms with Gasteiger partial charge in [0.2, 0.25) is 0 Å². The zero-order valence-corrected chi connectivity index (χ0v) is 16.4. The summed E-state index contributed by atoms with van der Waals surface area (Å²) < 4.78 is 11.3. The van der Waals surface area contributed by atoms with Crippen molar-refractivity contribution in [2.45, 2.75) is 53.9 Å². The number of aromatic hydroxyl groups is 1. The van der Waals surface area contributed by atoms with E-state index < -0.39 is 5.63 Å². The third kappa shape index (κ3) is 3.18. The fourth-order valence-corrected chi connectivity index (χ4v) is 3.35. The number of phenolic OH excluding ortho intramolecular Hbond substituents is 1. The lowest BCUT2D eigenvalue weighted by atomic mass is 9.96. The molecule has 1 N–H and O–H groups in total. The molecule has 142 valence electrons. The molecular formula is C22H24O5. The minimum absolute atomic E-state index is 0.00797. The van der Waals surface area contributed by atoms with Gasteiger partial charge in [0.25, 0.3) is 0 Å². The Morgan fingerprint density at radius 1 is 1.11 bits per heavy atom. The van der Waals surface area contributed by atoms with E-state index in [1.807, 2.05) is 26.8 Å². The van der Waals surface area contributed by atoms with E-state index in [9.17, 15) is 14.7 Å². The van der Waals surface area contributed by atoms with Crippen LogP contribution in [0.5, 0.6) is 5.75 Å². The molecule has 0 spiro atoms. The predicted octanol–water partition coefficient (Wildman–Crippen LogP) is 4.68. The molecule has 0 saturated carbocycles. The van der Waals surface area contributed by atoms with Gasteiger partial charge in [-0.2, -0.15) is 0 Å². The van der Waals surface area contributed by atoms with E-state index in [1.54, 1.807) is 13.8 Å². The molecule has 0 saturated heterocycles. The summed E-state index contributed by atoms with van der Waals surface area (Å²) in [5.41, 5.74) is 2.37. The van der Waals surface area contributed by atoms with E-state index >= 15 is 0 Å². The van der Waals surface area contributed by atoms with Crippen molar-refractivity contribution in [3.05, 3.63) is 60.8 Å². The van der Waals surface area contributed by atoms with Crippen LogP contribution in [0.2, 0.25) is 0 Å². The summed E-state index contributed by atoms with van der Waals surface area (Å²) in [4.78, 5) is 25.1. The maximum Gasteiger partial charge on any atom is 0.336 e. The highest BCUT2D eigenvalue weighted by molar-refractivity contribution is 6.08. The molecule has 0 aliphatic rings. The number of phenols is 1. The molecule has 5 heteroatoms. The Hall–Kier alpha value is -2.82. The zero-order chi connectivity index (χ0) is 19.9. The van der Waals surface area contributed by atoms with Gasteiger partial charge < -0.3 is 13.9 Å². The second-order valence-corrected chi connectivity index (χ2v) is 7.17. The summed E-state index contributed by atoms with van der Waals surface area (Å²) in [5.74, 6) is 0.491. The smallest absolute Gasteiger partial charge is 0.336 e. The molecule has 5 nitrogen and oxygen atoms in total. The first kappa shape index (κ1) is 19.0. The summed E-state index contributed by atoms with van der Waals surface area (Å²) in [5, 5.41) is 11.7. The second-order valence-electron chi connectivity index (χ2n) is 7.17. The van der Waals surface area contributed by atoms with Crippen LogP contribution in [0.4, 0.5) is 0 Å². The largest absolute Gasteiger partial charge is 0.507 e. The van der Waals surface area contributed by atoms with Crippen molar-refractivity contribution >= 4 is 21.9 Å².